The second-order valence-electron chi connectivity index (χ2n) is 4.32. The van der Waals surface area contributed by atoms with Gasteiger partial charge < -0.3 is 0 Å². The summed E-state index contributed by atoms with van der Waals surface area (Å²) in [6.45, 7) is 4.20. The van der Waals surface area contributed by atoms with Gasteiger partial charge in [0.25, 0.3) is 0 Å². The minimum atomic E-state index is 0.310. The Bertz CT molecular complexity index is 632. The fourth-order valence-electron chi connectivity index (χ4n) is 1.58. The van der Waals surface area contributed by atoms with E-state index in [2.05, 4.69) is 78.3 Å². The summed E-state index contributed by atoms with van der Waals surface area (Å²) < 4.78 is 2.89. The van der Waals surface area contributed by atoms with Crippen LogP contribution in [0.5, 0.6) is 0 Å². The molecule has 0 unspecified atom stereocenters. The predicted molar refractivity (Wildman–Crippen MR) is 94.7 cm³/mol. The van der Waals surface area contributed by atoms with Crippen molar-refractivity contribution >= 4 is 66.1 Å². The summed E-state index contributed by atoms with van der Waals surface area (Å²) >= 11 is 15.3. The van der Waals surface area contributed by atoms with Gasteiger partial charge in [-0.05, 0) is 78.6 Å². The van der Waals surface area contributed by atoms with E-state index in [0.717, 1.165) is 23.8 Å². The third-order valence-electron chi connectivity index (χ3n) is 2.56. The van der Waals surface area contributed by atoms with E-state index in [1.165, 1.54) is 0 Å². The van der Waals surface area contributed by atoms with Crippen molar-refractivity contribution in [1.29, 1.82) is 0 Å². The molecule has 0 bridgehead atoms. The second kappa shape index (κ2) is 6.37. The van der Waals surface area contributed by atoms with Crippen LogP contribution < -0.4 is 0 Å². The van der Waals surface area contributed by atoms with Crippen molar-refractivity contribution in [3.8, 4) is 11.4 Å². The lowest BCUT2D eigenvalue weighted by Crippen LogP contribution is -2.02. The zero-order chi connectivity index (χ0) is 14.2. The summed E-state index contributed by atoms with van der Waals surface area (Å²) in [5.41, 5.74) is 1.92. The van der Waals surface area contributed by atoms with Crippen LogP contribution in [0.3, 0.4) is 0 Å². The Hall–Kier alpha value is 0.280. The quantitative estimate of drug-likeness (QED) is 0.359. The monoisotopic (exact) mass is 514 g/mol. The molecule has 2 aromatic rings. The maximum Gasteiger partial charge on any atom is 0.161 e. The fraction of sp³-hybridized carbons (Fsp3) is 0.231. The van der Waals surface area contributed by atoms with Gasteiger partial charge in [0.05, 0.1) is 9.26 Å². The summed E-state index contributed by atoms with van der Waals surface area (Å²) in [6.07, 6.45) is 0. The second-order valence-corrected chi connectivity index (χ2v) is 7.47. The Morgan fingerprint density at radius 1 is 1.16 bits per heavy atom. The van der Waals surface area contributed by atoms with Crippen molar-refractivity contribution in [2.45, 2.75) is 19.8 Å². The number of aromatic nitrogens is 2. The molecule has 0 saturated carbocycles. The van der Waals surface area contributed by atoms with Gasteiger partial charge >= 0.3 is 0 Å². The zero-order valence-corrected chi connectivity index (χ0v) is 16.3. The molecule has 0 aliphatic carbocycles. The Morgan fingerprint density at radius 3 is 2.42 bits per heavy atom. The Labute approximate surface area is 147 Å². The molecule has 2 rings (SSSR count). The Kier molecular flexibility index (Phi) is 5.25. The van der Waals surface area contributed by atoms with Crippen molar-refractivity contribution in [2.75, 3.05) is 0 Å². The first-order valence-corrected chi connectivity index (χ1v) is 8.62. The highest BCUT2D eigenvalue weighted by molar-refractivity contribution is 14.1. The molecule has 0 aliphatic heterocycles. The van der Waals surface area contributed by atoms with Crippen LogP contribution in [0.1, 0.15) is 25.5 Å². The van der Waals surface area contributed by atoms with Crippen molar-refractivity contribution in [3.63, 3.8) is 0 Å². The Morgan fingerprint density at radius 2 is 1.84 bits per heavy atom. The van der Waals surface area contributed by atoms with Crippen molar-refractivity contribution in [3.05, 3.63) is 41.6 Å². The molecule has 1 heterocycles. The number of hydrogen-bond acceptors (Lipinski definition) is 2. The third-order valence-corrected chi connectivity index (χ3v) is 6.10. The van der Waals surface area contributed by atoms with Gasteiger partial charge in [-0.2, -0.15) is 0 Å². The van der Waals surface area contributed by atoms with Gasteiger partial charge in [0, 0.05) is 14.5 Å². The van der Waals surface area contributed by atoms with Gasteiger partial charge in [0.2, 0.25) is 0 Å². The standard InChI is InChI=1S/C13H10Br2ClIN2/c1-6(2)11-10(17)12(16)19-13(18-11)7-3-4-8(14)9(15)5-7/h3-6H,1-2H3. The Balaban J connectivity index is 2.59. The SMILES string of the molecule is CC(C)c1nc(-c2ccc(Br)c(Br)c2)nc(Cl)c1I. The molecular formula is C13H10Br2ClIN2. The first-order chi connectivity index (χ1) is 8.90. The lowest BCUT2D eigenvalue weighted by atomic mass is 10.1. The van der Waals surface area contributed by atoms with Crippen LogP contribution in [0, 0.1) is 3.57 Å². The zero-order valence-electron chi connectivity index (χ0n) is 10.2. The summed E-state index contributed by atoms with van der Waals surface area (Å²) in [5, 5.41) is 0.508. The maximum atomic E-state index is 6.20. The first kappa shape index (κ1) is 15.7. The van der Waals surface area contributed by atoms with E-state index < -0.39 is 0 Å². The molecule has 0 spiro atoms. The van der Waals surface area contributed by atoms with Gasteiger partial charge in [0.1, 0.15) is 5.15 Å². The molecule has 0 aliphatic rings. The average Bonchev–Trinajstić information content (AvgIpc) is 2.35. The summed E-state index contributed by atoms with van der Waals surface area (Å²) in [4.78, 5) is 9.00. The largest absolute Gasteiger partial charge is 0.232 e. The molecule has 0 saturated heterocycles. The maximum absolute atomic E-state index is 6.20. The van der Waals surface area contributed by atoms with Crippen LogP contribution >= 0.6 is 66.1 Å². The lowest BCUT2D eigenvalue weighted by Gasteiger charge is -2.11. The highest BCUT2D eigenvalue weighted by atomic mass is 127. The average molecular weight is 516 g/mol. The first-order valence-electron chi connectivity index (χ1n) is 5.58. The van der Waals surface area contributed by atoms with E-state index in [9.17, 15) is 0 Å². The number of rotatable bonds is 2. The molecule has 0 N–H and O–H groups in total. The highest BCUT2D eigenvalue weighted by Crippen LogP contribution is 2.31. The van der Waals surface area contributed by atoms with E-state index in [4.69, 9.17) is 11.6 Å². The molecular weight excluding hydrogens is 506 g/mol. The van der Waals surface area contributed by atoms with Crippen LogP contribution in [0.25, 0.3) is 11.4 Å². The molecule has 0 radical (unpaired) electrons. The molecule has 100 valence electrons. The van der Waals surface area contributed by atoms with Gasteiger partial charge in [-0.25, -0.2) is 9.97 Å². The van der Waals surface area contributed by atoms with Crippen LogP contribution in [-0.2, 0) is 0 Å². The van der Waals surface area contributed by atoms with Crippen LogP contribution in [0.15, 0.2) is 27.1 Å². The summed E-state index contributed by atoms with van der Waals surface area (Å²) in [5.74, 6) is 0.965. The molecule has 2 nitrogen and oxygen atoms in total. The molecule has 1 aromatic carbocycles. The normalized spacial score (nSPS) is 11.1. The van der Waals surface area contributed by atoms with Crippen LogP contribution in [0.2, 0.25) is 5.15 Å². The summed E-state index contributed by atoms with van der Waals surface area (Å²) in [6, 6.07) is 5.91. The van der Waals surface area contributed by atoms with Crippen LogP contribution in [-0.4, -0.2) is 9.97 Å². The van der Waals surface area contributed by atoms with Gasteiger partial charge in [-0.3, -0.25) is 0 Å². The van der Waals surface area contributed by atoms with Crippen molar-refractivity contribution in [1.82, 2.24) is 9.97 Å². The predicted octanol–water partition coefficient (Wildman–Crippen LogP) is 6.05. The number of benzene rings is 1. The van der Waals surface area contributed by atoms with E-state index in [-0.39, 0.29) is 0 Å². The number of halogens is 4. The number of hydrogen-bond donors (Lipinski definition) is 0. The minimum absolute atomic E-state index is 0.310. The highest BCUT2D eigenvalue weighted by Gasteiger charge is 2.15. The molecule has 0 fully saturated rings. The lowest BCUT2D eigenvalue weighted by molar-refractivity contribution is 0.808. The fourth-order valence-corrected chi connectivity index (χ4v) is 3.25. The van der Waals surface area contributed by atoms with Crippen LogP contribution in [0.4, 0.5) is 0 Å². The van der Waals surface area contributed by atoms with Crippen molar-refractivity contribution < 1.29 is 0 Å². The van der Waals surface area contributed by atoms with E-state index in [1.807, 2.05) is 18.2 Å². The molecule has 6 heteroatoms. The van der Waals surface area contributed by atoms with E-state index in [1.54, 1.807) is 0 Å². The summed E-state index contributed by atoms with van der Waals surface area (Å²) in [7, 11) is 0. The van der Waals surface area contributed by atoms with E-state index in [0.29, 0.717) is 16.9 Å². The molecule has 19 heavy (non-hydrogen) atoms. The molecule has 0 amide bonds. The van der Waals surface area contributed by atoms with Crippen molar-refractivity contribution in [2.24, 2.45) is 0 Å². The molecule has 0 atom stereocenters. The smallest absolute Gasteiger partial charge is 0.161 e. The molecule has 1 aromatic heterocycles. The minimum Gasteiger partial charge on any atom is -0.232 e. The third kappa shape index (κ3) is 3.49. The van der Waals surface area contributed by atoms with Gasteiger partial charge in [-0.1, -0.05) is 25.4 Å². The van der Waals surface area contributed by atoms with E-state index >= 15 is 0 Å². The topological polar surface area (TPSA) is 25.8 Å². The number of nitrogens with zero attached hydrogens (tertiary/aromatic N) is 2. The van der Waals surface area contributed by atoms with Gasteiger partial charge in [-0.15, -0.1) is 0 Å². The van der Waals surface area contributed by atoms with Gasteiger partial charge in [0.15, 0.2) is 5.82 Å².